The van der Waals surface area contributed by atoms with Crippen LogP contribution in [-0.2, 0) is 4.79 Å². The summed E-state index contributed by atoms with van der Waals surface area (Å²) in [6, 6.07) is 0.451. The molecule has 1 amide bonds. The topological polar surface area (TPSA) is 52.6 Å². The van der Waals surface area contributed by atoms with Crippen molar-refractivity contribution in [2.24, 2.45) is 0 Å². The molecule has 2 unspecified atom stereocenters. The summed E-state index contributed by atoms with van der Waals surface area (Å²) in [5.74, 6) is 0.229. The maximum absolute atomic E-state index is 12.3. The Morgan fingerprint density at radius 3 is 2.59 bits per heavy atom. The van der Waals surface area contributed by atoms with E-state index in [2.05, 4.69) is 12.2 Å². The maximum atomic E-state index is 12.3. The van der Waals surface area contributed by atoms with Crippen LogP contribution in [0.25, 0.3) is 0 Å². The van der Waals surface area contributed by atoms with E-state index < -0.39 is 5.60 Å². The molecule has 4 heteroatoms. The summed E-state index contributed by atoms with van der Waals surface area (Å²) in [5.41, 5.74) is -0.579. The number of hydrogen-bond donors (Lipinski definition) is 2. The highest BCUT2D eigenvalue weighted by Crippen LogP contribution is 2.23. The molecule has 2 saturated heterocycles. The minimum Gasteiger partial charge on any atom is -0.390 e. The number of amides is 1. The molecule has 0 spiro atoms. The lowest BCUT2D eigenvalue weighted by atomic mass is 9.92. The summed E-state index contributed by atoms with van der Waals surface area (Å²) in [6.45, 7) is 5.38. The second-order valence-electron chi connectivity index (χ2n) is 5.87. The van der Waals surface area contributed by atoms with Gasteiger partial charge in [-0.2, -0.15) is 0 Å². The molecular weight excluding hydrogens is 216 g/mol. The van der Waals surface area contributed by atoms with Crippen LogP contribution in [0.15, 0.2) is 0 Å². The van der Waals surface area contributed by atoms with Gasteiger partial charge >= 0.3 is 0 Å². The second kappa shape index (κ2) is 4.94. The van der Waals surface area contributed by atoms with Crippen molar-refractivity contribution in [3.8, 4) is 0 Å². The van der Waals surface area contributed by atoms with Crippen molar-refractivity contribution in [1.82, 2.24) is 10.2 Å². The molecule has 0 aromatic carbocycles. The quantitative estimate of drug-likeness (QED) is 0.716. The van der Waals surface area contributed by atoms with Crippen molar-refractivity contribution < 1.29 is 9.90 Å². The van der Waals surface area contributed by atoms with E-state index >= 15 is 0 Å². The normalized spacial score (nSPS) is 33.5. The number of likely N-dealkylation sites (tertiary alicyclic amines) is 1. The molecule has 2 fully saturated rings. The van der Waals surface area contributed by atoms with E-state index in [1.54, 1.807) is 0 Å². The maximum Gasteiger partial charge on any atom is 0.239 e. The molecule has 0 aliphatic carbocycles. The van der Waals surface area contributed by atoms with E-state index in [0.29, 0.717) is 32.0 Å². The molecule has 0 saturated carbocycles. The lowest BCUT2D eigenvalue weighted by molar-refractivity contribution is -0.138. The summed E-state index contributed by atoms with van der Waals surface area (Å²) < 4.78 is 0. The van der Waals surface area contributed by atoms with Gasteiger partial charge in [0.15, 0.2) is 0 Å². The Morgan fingerprint density at radius 1 is 1.35 bits per heavy atom. The third kappa shape index (κ3) is 3.19. The average molecular weight is 240 g/mol. The molecule has 2 aliphatic heterocycles. The van der Waals surface area contributed by atoms with E-state index in [9.17, 15) is 9.90 Å². The lowest BCUT2D eigenvalue weighted by Gasteiger charge is -2.39. The van der Waals surface area contributed by atoms with Crippen LogP contribution in [0, 0.1) is 0 Å². The Morgan fingerprint density at radius 2 is 2.00 bits per heavy atom. The van der Waals surface area contributed by atoms with Gasteiger partial charge in [0.2, 0.25) is 5.91 Å². The van der Waals surface area contributed by atoms with Gasteiger partial charge in [-0.25, -0.2) is 0 Å². The molecule has 17 heavy (non-hydrogen) atoms. The first-order valence-electron chi connectivity index (χ1n) is 6.75. The van der Waals surface area contributed by atoms with Crippen LogP contribution in [0.1, 0.15) is 46.0 Å². The molecule has 2 rings (SSSR count). The predicted molar refractivity (Wildman–Crippen MR) is 66.7 cm³/mol. The molecule has 2 heterocycles. The molecule has 0 aromatic rings. The monoisotopic (exact) mass is 240 g/mol. The summed E-state index contributed by atoms with van der Waals surface area (Å²) in [5, 5.41) is 13.3. The van der Waals surface area contributed by atoms with Gasteiger partial charge in [-0.3, -0.25) is 4.79 Å². The molecule has 4 nitrogen and oxygen atoms in total. The molecular formula is C13H24N2O2. The highest BCUT2D eigenvalue weighted by molar-refractivity contribution is 5.82. The van der Waals surface area contributed by atoms with Crippen molar-refractivity contribution in [1.29, 1.82) is 0 Å². The van der Waals surface area contributed by atoms with Gasteiger partial charge < -0.3 is 15.3 Å². The van der Waals surface area contributed by atoms with Crippen LogP contribution in [0.3, 0.4) is 0 Å². The first-order chi connectivity index (χ1) is 7.98. The Balaban J connectivity index is 1.88. The van der Waals surface area contributed by atoms with Gasteiger partial charge in [0.1, 0.15) is 0 Å². The standard InChI is InChI=1S/C13H24N2O2/c1-10-4-3-5-11(14-10)12(16)15-8-6-13(2,17)7-9-15/h10-11,14,17H,3-9H2,1-2H3. The van der Waals surface area contributed by atoms with E-state index in [0.717, 1.165) is 12.8 Å². The fourth-order valence-corrected chi connectivity index (χ4v) is 2.76. The van der Waals surface area contributed by atoms with Crippen LogP contribution >= 0.6 is 0 Å². The van der Waals surface area contributed by atoms with Crippen molar-refractivity contribution in [2.75, 3.05) is 13.1 Å². The number of nitrogens with one attached hydrogen (secondary N) is 1. The number of carbonyl (C=O) groups is 1. The van der Waals surface area contributed by atoms with Gasteiger partial charge in [0.25, 0.3) is 0 Å². The van der Waals surface area contributed by atoms with Gasteiger partial charge in [0, 0.05) is 19.1 Å². The van der Waals surface area contributed by atoms with E-state index in [1.165, 1.54) is 6.42 Å². The van der Waals surface area contributed by atoms with Crippen LogP contribution in [0.4, 0.5) is 0 Å². The number of hydrogen-bond acceptors (Lipinski definition) is 3. The van der Waals surface area contributed by atoms with Crippen molar-refractivity contribution in [3.63, 3.8) is 0 Å². The summed E-state index contributed by atoms with van der Waals surface area (Å²) >= 11 is 0. The van der Waals surface area contributed by atoms with Gasteiger partial charge in [-0.15, -0.1) is 0 Å². The second-order valence-corrected chi connectivity index (χ2v) is 5.87. The van der Waals surface area contributed by atoms with Crippen molar-refractivity contribution in [3.05, 3.63) is 0 Å². The zero-order chi connectivity index (χ0) is 12.5. The molecule has 0 aromatic heterocycles. The summed E-state index contributed by atoms with van der Waals surface area (Å²) in [7, 11) is 0. The largest absolute Gasteiger partial charge is 0.390 e. The molecule has 2 N–H and O–H groups in total. The first-order valence-corrected chi connectivity index (χ1v) is 6.75. The number of aliphatic hydroxyl groups is 1. The zero-order valence-electron chi connectivity index (χ0n) is 10.9. The Labute approximate surface area is 103 Å². The third-order valence-corrected chi connectivity index (χ3v) is 4.07. The minimum atomic E-state index is -0.579. The fraction of sp³-hybridized carbons (Fsp3) is 0.923. The fourth-order valence-electron chi connectivity index (χ4n) is 2.76. The number of rotatable bonds is 1. The Bertz CT molecular complexity index is 281. The minimum absolute atomic E-state index is 0.00167. The Kier molecular flexibility index (Phi) is 3.73. The van der Waals surface area contributed by atoms with Crippen LogP contribution < -0.4 is 5.32 Å². The molecule has 2 aliphatic rings. The summed E-state index contributed by atoms with van der Waals surface area (Å²) in [6.07, 6.45) is 4.65. The predicted octanol–water partition coefficient (Wildman–Crippen LogP) is 0.890. The van der Waals surface area contributed by atoms with Gasteiger partial charge in [-0.05, 0) is 46.0 Å². The number of nitrogens with zero attached hydrogens (tertiary/aromatic N) is 1. The van der Waals surface area contributed by atoms with Crippen LogP contribution in [0.5, 0.6) is 0 Å². The molecule has 0 bridgehead atoms. The number of carbonyl (C=O) groups excluding carboxylic acids is 1. The number of piperidine rings is 2. The van der Waals surface area contributed by atoms with Gasteiger partial charge in [-0.1, -0.05) is 0 Å². The van der Waals surface area contributed by atoms with E-state index in [1.807, 2.05) is 11.8 Å². The Hall–Kier alpha value is -0.610. The first kappa shape index (κ1) is 12.8. The van der Waals surface area contributed by atoms with Crippen molar-refractivity contribution >= 4 is 5.91 Å². The summed E-state index contributed by atoms with van der Waals surface area (Å²) in [4.78, 5) is 14.2. The average Bonchev–Trinajstić information content (AvgIpc) is 2.28. The van der Waals surface area contributed by atoms with Crippen LogP contribution in [0.2, 0.25) is 0 Å². The van der Waals surface area contributed by atoms with Crippen molar-refractivity contribution in [2.45, 2.75) is 63.6 Å². The highest BCUT2D eigenvalue weighted by atomic mass is 16.3. The van der Waals surface area contributed by atoms with Crippen LogP contribution in [-0.4, -0.2) is 46.7 Å². The molecule has 0 radical (unpaired) electrons. The molecule has 2 atom stereocenters. The zero-order valence-corrected chi connectivity index (χ0v) is 10.9. The van der Waals surface area contributed by atoms with E-state index in [-0.39, 0.29) is 11.9 Å². The smallest absolute Gasteiger partial charge is 0.239 e. The molecule has 98 valence electrons. The third-order valence-electron chi connectivity index (χ3n) is 4.07. The highest BCUT2D eigenvalue weighted by Gasteiger charge is 2.33. The van der Waals surface area contributed by atoms with E-state index in [4.69, 9.17) is 0 Å². The lowest BCUT2D eigenvalue weighted by Crippen LogP contribution is -2.54. The SMILES string of the molecule is CC1CCCC(C(=O)N2CCC(C)(O)CC2)N1. The van der Waals surface area contributed by atoms with Gasteiger partial charge in [0.05, 0.1) is 11.6 Å².